The molecule has 3 aromatic rings. The summed E-state index contributed by atoms with van der Waals surface area (Å²) in [6.45, 7) is 3.71. The number of carbonyl (C=O) groups is 2. The second-order valence-corrected chi connectivity index (χ2v) is 10.0. The van der Waals surface area contributed by atoms with Gasteiger partial charge < -0.3 is 28.4 Å². The second kappa shape index (κ2) is 12.8. The van der Waals surface area contributed by atoms with E-state index < -0.39 is 0 Å². The summed E-state index contributed by atoms with van der Waals surface area (Å²) >= 11 is 1.38. The third-order valence-corrected chi connectivity index (χ3v) is 7.26. The molecule has 1 atom stereocenters. The molecule has 1 aliphatic heterocycles. The number of benzene rings is 1. The standard InChI is InChI=1S/C28H34N2O6S/c1-20-8-10-23(36-20)18-29(13-12-21-9-11-24(33-2)25(16-21)34-3)27(31)19-30(17-22-6-4-14-35-22)28(32)26-7-5-15-37-26/h5,7-11,15-16,22H,4,6,12-14,17-19H2,1-3H3/t22-/m0/s1. The van der Waals surface area contributed by atoms with Gasteiger partial charge in [-0.1, -0.05) is 12.1 Å². The van der Waals surface area contributed by atoms with Gasteiger partial charge in [0, 0.05) is 19.7 Å². The lowest BCUT2D eigenvalue weighted by Gasteiger charge is -2.28. The largest absolute Gasteiger partial charge is 0.493 e. The monoisotopic (exact) mass is 526 g/mol. The van der Waals surface area contributed by atoms with Crippen LogP contribution in [0.15, 0.2) is 52.3 Å². The molecule has 4 rings (SSSR count). The number of carbonyl (C=O) groups excluding carboxylic acids is 2. The minimum absolute atomic E-state index is 0.0256. The van der Waals surface area contributed by atoms with Crippen molar-refractivity contribution in [2.24, 2.45) is 0 Å². The summed E-state index contributed by atoms with van der Waals surface area (Å²) in [7, 11) is 3.20. The molecule has 0 N–H and O–H groups in total. The highest BCUT2D eigenvalue weighted by atomic mass is 32.1. The number of aryl methyl sites for hydroxylation is 1. The summed E-state index contributed by atoms with van der Waals surface area (Å²) < 4.78 is 22.3. The highest BCUT2D eigenvalue weighted by molar-refractivity contribution is 7.12. The molecule has 0 saturated carbocycles. The zero-order valence-electron chi connectivity index (χ0n) is 21.6. The van der Waals surface area contributed by atoms with E-state index in [0.717, 1.165) is 24.2 Å². The highest BCUT2D eigenvalue weighted by Crippen LogP contribution is 2.28. The Hall–Kier alpha value is -3.30. The van der Waals surface area contributed by atoms with Gasteiger partial charge in [-0.05, 0) is 67.5 Å². The van der Waals surface area contributed by atoms with Gasteiger partial charge in [0.1, 0.15) is 18.1 Å². The number of amides is 2. The number of nitrogens with zero attached hydrogens (tertiary/aromatic N) is 2. The summed E-state index contributed by atoms with van der Waals surface area (Å²) in [6, 6.07) is 13.1. The van der Waals surface area contributed by atoms with Crippen LogP contribution in [0.4, 0.5) is 0 Å². The molecule has 37 heavy (non-hydrogen) atoms. The van der Waals surface area contributed by atoms with Crippen molar-refractivity contribution < 1.29 is 28.2 Å². The van der Waals surface area contributed by atoms with Crippen LogP contribution in [-0.2, 0) is 22.5 Å². The minimum atomic E-state index is -0.146. The first kappa shape index (κ1) is 26.8. The third kappa shape index (κ3) is 7.14. The van der Waals surface area contributed by atoms with Crippen molar-refractivity contribution >= 4 is 23.2 Å². The molecule has 1 aromatic carbocycles. The van der Waals surface area contributed by atoms with Gasteiger partial charge in [-0.2, -0.15) is 0 Å². The van der Waals surface area contributed by atoms with Crippen LogP contribution in [0.3, 0.4) is 0 Å². The summed E-state index contributed by atoms with van der Waals surface area (Å²) in [6.07, 6.45) is 2.41. The van der Waals surface area contributed by atoms with Crippen molar-refractivity contribution in [2.75, 3.05) is 40.5 Å². The molecule has 1 fully saturated rings. The van der Waals surface area contributed by atoms with E-state index in [1.54, 1.807) is 30.1 Å². The van der Waals surface area contributed by atoms with E-state index in [0.29, 0.717) is 54.8 Å². The number of hydrogen-bond donors (Lipinski definition) is 0. The molecular weight excluding hydrogens is 492 g/mol. The van der Waals surface area contributed by atoms with Gasteiger partial charge in [0.2, 0.25) is 5.91 Å². The van der Waals surface area contributed by atoms with E-state index >= 15 is 0 Å². The number of hydrogen-bond acceptors (Lipinski definition) is 7. The highest BCUT2D eigenvalue weighted by Gasteiger charge is 2.28. The van der Waals surface area contributed by atoms with E-state index in [-0.39, 0.29) is 24.5 Å². The van der Waals surface area contributed by atoms with E-state index in [1.165, 1.54) is 11.3 Å². The second-order valence-electron chi connectivity index (χ2n) is 9.06. The number of methoxy groups -OCH3 is 2. The van der Waals surface area contributed by atoms with Gasteiger partial charge in [-0.3, -0.25) is 9.59 Å². The van der Waals surface area contributed by atoms with Crippen LogP contribution < -0.4 is 9.47 Å². The molecular formula is C28H34N2O6S. The maximum absolute atomic E-state index is 13.7. The maximum Gasteiger partial charge on any atom is 0.264 e. The Labute approximate surface area is 221 Å². The molecule has 0 spiro atoms. The van der Waals surface area contributed by atoms with Crippen LogP contribution in [0.25, 0.3) is 0 Å². The van der Waals surface area contributed by atoms with Gasteiger partial charge in [0.25, 0.3) is 5.91 Å². The number of furan rings is 1. The summed E-state index contributed by atoms with van der Waals surface area (Å²) in [5.74, 6) is 2.50. The number of thiophene rings is 1. The Bertz CT molecular complexity index is 1170. The van der Waals surface area contributed by atoms with Gasteiger partial charge >= 0.3 is 0 Å². The lowest BCUT2D eigenvalue weighted by Crippen LogP contribution is -2.45. The molecule has 1 saturated heterocycles. The molecule has 1 aliphatic rings. The molecule has 2 amide bonds. The first-order valence-corrected chi connectivity index (χ1v) is 13.3. The molecule has 0 unspecified atom stereocenters. The van der Waals surface area contributed by atoms with Crippen LogP contribution >= 0.6 is 11.3 Å². The van der Waals surface area contributed by atoms with E-state index in [9.17, 15) is 9.59 Å². The fourth-order valence-corrected chi connectivity index (χ4v) is 5.11. The van der Waals surface area contributed by atoms with Crippen molar-refractivity contribution in [1.29, 1.82) is 0 Å². The quantitative estimate of drug-likeness (QED) is 0.344. The van der Waals surface area contributed by atoms with Crippen molar-refractivity contribution in [3.05, 3.63) is 69.8 Å². The zero-order valence-corrected chi connectivity index (χ0v) is 22.4. The molecule has 2 aromatic heterocycles. The predicted octanol–water partition coefficient (Wildman–Crippen LogP) is 4.56. The first-order chi connectivity index (χ1) is 18.0. The van der Waals surface area contributed by atoms with E-state index in [4.69, 9.17) is 18.6 Å². The van der Waals surface area contributed by atoms with Crippen molar-refractivity contribution in [3.63, 3.8) is 0 Å². The normalized spacial score (nSPS) is 14.9. The molecule has 198 valence electrons. The molecule has 0 bridgehead atoms. The van der Waals surface area contributed by atoms with Crippen molar-refractivity contribution in [3.8, 4) is 11.5 Å². The number of rotatable bonds is 12. The van der Waals surface area contributed by atoms with Crippen LogP contribution in [-0.4, -0.2) is 68.2 Å². The zero-order chi connectivity index (χ0) is 26.2. The van der Waals surface area contributed by atoms with E-state index in [2.05, 4.69) is 0 Å². The number of ether oxygens (including phenoxy) is 3. The Morgan fingerprint density at radius 1 is 1.08 bits per heavy atom. The maximum atomic E-state index is 13.7. The fraction of sp³-hybridized carbons (Fsp3) is 0.429. The molecule has 8 nitrogen and oxygen atoms in total. The minimum Gasteiger partial charge on any atom is -0.493 e. The topological polar surface area (TPSA) is 81.5 Å². The molecule has 0 radical (unpaired) electrons. The summed E-state index contributed by atoms with van der Waals surface area (Å²) in [5, 5.41) is 1.87. The fourth-order valence-electron chi connectivity index (χ4n) is 4.42. The lowest BCUT2D eigenvalue weighted by molar-refractivity contribution is -0.133. The van der Waals surface area contributed by atoms with Gasteiger partial charge in [-0.25, -0.2) is 0 Å². The molecule has 0 aliphatic carbocycles. The van der Waals surface area contributed by atoms with Crippen molar-refractivity contribution in [2.45, 2.75) is 38.8 Å². The van der Waals surface area contributed by atoms with E-state index in [1.807, 2.05) is 48.7 Å². The van der Waals surface area contributed by atoms with Gasteiger partial charge in [0.15, 0.2) is 11.5 Å². The average molecular weight is 527 g/mol. The molecule has 3 heterocycles. The van der Waals surface area contributed by atoms with Gasteiger partial charge in [0.05, 0.1) is 31.7 Å². The molecule has 9 heteroatoms. The van der Waals surface area contributed by atoms with Gasteiger partial charge in [-0.15, -0.1) is 11.3 Å². The van der Waals surface area contributed by atoms with Crippen LogP contribution in [0.1, 0.15) is 39.6 Å². The first-order valence-electron chi connectivity index (χ1n) is 12.4. The van der Waals surface area contributed by atoms with Crippen molar-refractivity contribution in [1.82, 2.24) is 9.80 Å². The Balaban J connectivity index is 1.51. The smallest absolute Gasteiger partial charge is 0.264 e. The van der Waals surface area contributed by atoms with Crippen LogP contribution in [0, 0.1) is 6.92 Å². The predicted molar refractivity (Wildman–Crippen MR) is 141 cm³/mol. The lowest BCUT2D eigenvalue weighted by atomic mass is 10.1. The Kier molecular flexibility index (Phi) is 9.24. The third-order valence-electron chi connectivity index (χ3n) is 6.41. The Morgan fingerprint density at radius 2 is 1.92 bits per heavy atom. The van der Waals surface area contributed by atoms with Crippen LogP contribution in [0.5, 0.6) is 11.5 Å². The van der Waals surface area contributed by atoms with Crippen LogP contribution in [0.2, 0.25) is 0 Å². The summed E-state index contributed by atoms with van der Waals surface area (Å²) in [5.41, 5.74) is 1.01. The average Bonchev–Trinajstić information content (AvgIpc) is 3.69. The summed E-state index contributed by atoms with van der Waals surface area (Å²) in [4.78, 5) is 30.9. The Morgan fingerprint density at radius 3 is 2.57 bits per heavy atom. The SMILES string of the molecule is COc1ccc(CCN(Cc2ccc(C)o2)C(=O)CN(C[C@@H]2CCCO2)C(=O)c2cccs2)cc1OC.